The van der Waals surface area contributed by atoms with E-state index in [0.29, 0.717) is 16.2 Å². The van der Waals surface area contributed by atoms with E-state index in [2.05, 4.69) is 63.8 Å². The van der Waals surface area contributed by atoms with Gasteiger partial charge in [0.15, 0.2) is 11.0 Å². The second-order valence-corrected chi connectivity index (χ2v) is 7.50. The summed E-state index contributed by atoms with van der Waals surface area (Å²) in [7, 11) is 1.90. The quantitative estimate of drug-likeness (QED) is 0.667. The summed E-state index contributed by atoms with van der Waals surface area (Å²) in [6, 6.07) is 8.32. The fourth-order valence-corrected chi connectivity index (χ4v) is 3.39. The summed E-state index contributed by atoms with van der Waals surface area (Å²) in [5.41, 5.74) is 3.86. The van der Waals surface area contributed by atoms with Gasteiger partial charge >= 0.3 is 0 Å². The third-order valence-electron chi connectivity index (χ3n) is 3.61. The number of rotatable bonds is 6. The van der Waals surface area contributed by atoms with Gasteiger partial charge in [-0.15, -0.1) is 20.4 Å². The summed E-state index contributed by atoms with van der Waals surface area (Å²) in [5, 5.41) is 19.8. The maximum Gasteiger partial charge on any atom is 0.236 e. The number of carbonyl (C=O) groups excluding carboxylic acids is 1. The molecule has 3 aromatic rings. The molecule has 130 valence electrons. The molecule has 0 fully saturated rings. The molecule has 0 unspecified atom stereocenters. The topological polar surface area (TPSA) is 85.6 Å². The zero-order valence-corrected chi connectivity index (χ0v) is 15.8. The molecule has 0 bridgehead atoms. The minimum Gasteiger partial charge on any atom is -0.305 e. The summed E-state index contributed by atoms with van der Waals surface area (Å²) < 4.78 is 1.90. The second-order valence-electron chi connectivity index (χ2n) is 5.72. The molecule has 25 heavy (non-hydrogen) atoms. The molecule has 2 aromatic heterocycles. The lowest BCUT2D eigenvalue weighted by Crippen LogP contribution is -2.14. The Bertz CT molecular complexity index is 842. The second kappa shape index (κ2) is 7.75. The molecule has 0 spiro atoms. The molecule has 0 saturated carbocycles. The Balaban J connectivity index is 1.65. The zero-order chi connectivity index (χ0) is 17.8. The minimum absolute atomic E-state index is 0.146. The molecule has 0 aliphatic rings. The van der Waals surface area contributed by atoms with E-state index in [1.165, 1.54) is 28.7 Å². The van der Waals surface area contributed by atoms with Gasteiger partial charge in [-0.25, -0.2) is 0 Å². The number of aromatic nitrogens is 5. The normalized spacial score (nSPS) is 11.0. The minimum atomic E-state index is -0.146. The third kappa shape index (κ3) is 4.23. The summed E-state index contributed by atoms with van der Waals surface area (Å²) in [6.07, 6.45) is 0. The molecule has 0 aliphatic carbocycles. The van der Waals surface area contributed by atoms with Crippen LogP contribution in [0.2, 0.25) is 0 Å². The maximum absolute atomic E-state index is 11.9. The summed E-state index contributed by atoms with van der Waals surface area (Å²) in [6.45, 7) is 4.33. The van der Waals surface area contributed by atoms with Gasteiger partial charge in [0, 0.05) is 12.6 Å². The van der Waals surface area contributed by atoms with E-state index in [4.69, 9.17) is 0 Å². The number of carbonyl (C=O) groups is 1. The predicted octanol–water partition coefficient (Wildman–Crippen LogP) is 3.19. The number of benzene rings is 1. The number of anilines is 1. The first-order valence-corrected chi connectivity index (χ1v) is 9.59. The lowest BCUT2D eigenvalue weighted by molar-refractivity contribution is -0.113. The molecule has 3 rings (SSSR count). The third-order valence-corrected chi connectivity index (χ3v) is 5.24. The van der Waals surface area contributed by atoms with Crippen molar-refractivity contribution in [2.24, 2.45) is 7.05 Å². The monoisotopic (exact) mass is 374 g/mol. The molecule has 0 aliphatic heterocycles. The molecule has 0 saturated heterocycles. The van der Waals surface area contributed by atoms with Crippen molar-refractivity contribution in [3.63, 3.8) is 0 Å². The molecule has 1 aromatic carbocycles. The molecule has 0 radical (unpaired) electrons. The van der Waals surface area contributed by atoms with E-state index in [1.807, 2.05) is 11.6 Å². The zero-order valence-electron chi connectivity index (χ0n) is 14.1. The molecular weight excluding hydrogens is 356 g/mol. The molecule has 1 amide bonds. The Labute approximate surface area is 153 Å². The first-order valence-electron chi connectivity index (χ1n) is 7.73. The van der Waals surface area contributed by atoms with Gasteiger partial charge in [-0.1, -0.05) is 61.2 Å². The lowest BCUT2D eigenvalue weighted by Gasteiger charge is -2.07. The Hall–Kier alpha value is -2.26. The van der Waals surface area contributed by atoms with Crippen molar-refractivity contribution >= 4 is 34.1 Å². The van der Waals surface area contributed by atoms with Gasteiger partial charge in [0.2, 0.25) is 11.0 Å². The largest absolute Gasteiger partial charge is 0.305 e. The van der Waals surface area contributed by atoms with Crippen LogP contribution in [0.5, 0.6) is 0 Å². The average Bonchev–Trinajstić information content (AvgIpc) is 3.23. The highest BCUT2D eigenvalue weighted by Crippen LogP contribution is 2.24. The summed E-state index contributed by atoms with van der Waals surface area (Å²) >= 11 is 2.62. The average molecular weight is 374 g/mol. The van der Waals surface area contributed by atoms with Gasteiger partial charge in [-0.3, -0.25) is 10.1 Å². The molecule has 2 heterocycles. The standard InChI is InChI=1S/C16H18N6OS2/c1-10(2)11-4-6-12(7-5-11)14-19-21-16(22(14)3)24-8-13(23)18-15-20-17-9-25-15/h4-7,9-10H,8H2,1-3H3,(H,18,20,23). The number of nitrogens with one attached hydrogen (secondary N) is 1. The van der Waals surface area contributed by atoms with Crippen molar-refractivity contribution in [1.82, 2.24) is 25.0 Å². The van der Waals surface area contributed by atoms with E-state index in [-0.39, 0.29) is 11.7 Å². The number of thioether (sulfide) groups is 1. The van der Waals surface area contributed by atoms with Crippen molar-refractivity contribution in [1.29, 1.82) is 0 Å². The molecular formula is C16H18N6OS2. The maximum atomic E-state index is 11.9. The van der Waals surface area contributed by atoms with Crippen LogP contribution < -0.4 is 5.32 Å². The van der Waals surface area contributed by atoms with E-state index in [9.17, 15) is 4.79 Å². The van der Waals surface area contributed by atoms with Crippen LogP contribution in [0.25, 0.3) is 11.4 Å². The van der Waals surface area contributed by atoms with Crippen molar-refractivity contribution in [3.05, 3.63) is 35.3 Å². The highest BCUT2D eigenvalue weighted by molar-refractivity contribution is 7.99. The van der Waals surface area contributed by atoms with Crippen LogP contribution in [0, 0.1) is 0 Å². The highest BCUT2D eigenvalue weighted by atomic mass is 32.2. The Morgan fingerprint density at radius 3 is 2.64 bits per heavy atom. The fraction of sp³-hybridized carbons (Fsp3) is 0.312. The SMILES string of the molecule is CC(C)c1ccc(-c2nnc(SCC(=O)Nc3nncs3)n2C)cc1. The summed E-state index contributed by atoms with van der Waals surface area (Å²) in [5.74, 6) is 1.36. The first kappa shape index (κ1) is 17.6. The van der Waals surface area contributed by atoms with Crippen LogP contribution in [0.4, 0.5) is 5.13 Å². The van der Waals surface area contributed by atoms with Gasteiger partial charge in [0.1, 0.15) is 5.51 Å². The predicted molar refractivity (Wildman–Crippen MR) is 99.8 cm³/mol. The first-order chi connectivity index (χ1) is 12.0. The van der Waals surface area contributed by atoms with Crippen molar-refractivity contribution in [3.8, 4) is 11.4 Å². The van der Waals surface area contributed by atoms with Crippen LogP contribution in [-0.2, 0) is 11.8 Å². The van der Waals surface area contributed by atoms with Gasteiger partial charge < -0.3 is 4.57 Å². The Kier molecular flexibility index (Phi) is 5.44. The van der Waals surface area contributed by atoms with Gasteiger partial charge in [0.05, 0.1) is 5.75 Å². The van der Waals surface area contributed by atoms with Crippen LogP contribution in [0.1, 0.15) is 25.3 Å². The lowest BCUT2D eigenvalue weighted by atomic mass is 10.0. The van der Waals surface area contributed by atoms with Crippen molar-refractivity contribution in [2.45, 2.75) is 24.9 Å². The number of hydrogen-bond acceptors (Lipinski definition) is 7. The van der Waals surface area contributed by atoms with Gasteiger partial charge in [-0.2, -0.15) is 0 Å². The van der Waals surface area contributed by atoms with E-state index < -0.39 is 0 Å². The highest BCUT2D eigenvalue weighted by Gasteiger charge is 2.14. The van der Waals surface area contributed by atoms with Crippen LogP contribution in [0.3, 0.4) is 0 Å². The Morgan fingerprint density at radius 1 is 1.24 bits per heavy atom. The van der Waals surface area contributed by atoms with E-state index in [0.717, 1.165) is 11.4 Å². The van der Waals surface area contributed by atoms with Gasteiger partial charge in [0.25, 0.3) is 0 Å². The molecule has 1 N–H and O–H groups in total. The smallest absolute Gasteiger partial charge is 0.236 e. The van der Waals surface area contributed by atoms with E-state index in [1.54, 1.807) is 5.51 Å². The van der Waals surface area contributed by atoms with Crippen LogP contribution in [-0.4, -0.2) is 36.6 Å². The van der Waals surface area contributed by atoms with Crippen molar-refractivity contribution in [2.75, 3.05) is 11.1 Å². The Morgan fingerprint density at radius 2 is 2.00 bits per heavy atom. The van der Waals surface area contributed by atoms with E-state index >= 15 is 0 Å². The van der Waals surface area contributed by atoms with Crippen LogP contribution in [0.15, 0.2) is 34.9 Å². The number of nitrogens with zero attached hydrogens (tertiary/aromatic N) is 5. The summed E-state index contributed by atoms with van der Waals surface area (Å²) in [4.78, 5) is 11.9. The number of hydrogen-bond donors (Lipinski definition) is 1. The van der Waals surface area contributed by atoms with Crippen LogP contribution >= 0.6 is 23.1 Å². The fourth-order valence-electron chi connectivity index (χ4n) is 2.22. The van der Waals surface area contributed by atoms with Gasteiger partial charge in [-0.05, 0) is 11.5 Å². The number of amides is 1. The molecule has 7 nitrogen and oxygen atoms in total. The van der Waals surface area contributed by atoms with Crippen molar-refractivity contribution < 1.29 is 4.79 Å². The molecule has 9 heteroatoms. The molecule has 0 atom stereocenters.